The normalized spacial score (nSPS) is 14.1. The predicted molar refractivity (Wildman–Crippen MR) is 83.0 cm³/mol. The van der Waals surface area contributed by atoms with Gasteiger partial charge in [0.05, 0.1) is 10.4 Å². The van der Waals surface area contributed by atoms with Crippen LogP contribution >= 0.6 is 12.4 Å². The molecule has 1 atom stereocenters. The Morgan fingerprint density at radius 2 is 2.00 bits per heavy atom. The lowest BCUT2D eigenvalue weighted by Gasteiger charge is -2.23. The average Bonchev–Trinajstić information content (AvgIpc) is 2.38. The Labute approximate surface area is 134 Å². The molecule has 0 heterocycles. The number of hydrogen-bond donors (Lipinski definition) is 2. The maximum Gasteiger partial charge on any atom is 0.341 e. The number of anilines is 1. The van der Waals surface area contributed by atoms with Crippen molar-refractivity contribution >= 4 is 33.8 Å². The number of carbonyl (C=O) groups excluding carboxylic acids is 1. The van der Waals surface area contributed by atoms with Gasteiger partial charge < -0.3 is 11.1 Å². The molecule has 22 heavy (non-hydrogen) atoms. The van der Waals surface area contributed by atoms with E-state index in [0.717, 1.165) is 12.1 Å². The summed E-state index contributed by atoms with van der Waals surface area (Å²) in [6, 6.07) is 4.72. The van der Waals surface area contributed by atoms with Crippen molar-refractivity contribution < 1.29 is 22.0 Å². The zero-order valence-electron chi connectivity index (χ0n) is 12.2. The minimum absolute atomic E-state index is 0. The molecule has 1 amide bonds. The van der Waals surface area contributed by atoms with E-state index in [0.29, 0.717) is 12.8 Å². The van der Waals surface area contributed by atoms with Gasteiger partial charge in [0.1, 0.15) is 0 Å². The fourth-order valence-electron chi connectivity index (χ4n) is 1.76. The highest BCUT2D eigenvalue weighted by Crippen LogP contribution is 2.22. The van der Waals surface area contributed by atoms with Crippen molar-refractivity contribution in [3.8, 4) is 0 Å². The lowest BCUT2D eigenvalue weighted by Crippen LogP contribution is -2.48. The first kappa shape index (κ1) is 20.8. The summed E-state index contributed by atoms with van der Waals surface area (Å²) >= 11 is 0. The van der Waals surface area contributed by atoms with E-state index in [1.165, 1.54) is 12.1 Å². The first-order chi connectivity index (χ1) is 9.61. The van der Waals surface area contributed by atoms with Crippen LogP contribution in [0.4, 0.5) is 14.5 Å². The molecular formula is C13H19ClF2N2O3S. The number of halogens is 3. The molecule has 1 unspecified atom stereocenters. The number of sulfone groups is 1. The molecule has 0 aliphatic rings. The fraction of sp³-hybridized carbons (Fsp3) is 0.462. The van der Waals surface area contributed by atoms with Gasteiger partial charge in [-0.1, -0.05) is 19.4 Å². The molecule has 0 saturated heterocycles. The molecule has 0 aliphatic carbocycles. The van der Waals surface area contributed by atoms with Crippen LogP contribution in [0.15, 0.2) is 29.2 Å². The Hall–Kier alpha value is -1.25. The van der Waals surface area contributed by atoms with E-state index >= 15 is 0 Å². The van der Waals surface area contributed by atoms with E-state index in [-0.39, 0.29) is 18.1 Å². The van der Waals surface area contributed by atoms with Gasteiger partial charge in [0.25, 0.3) is 0 Å². The topological polar surface area (TPSA) is 89.3 Å². The van der Waals surface area contributed by atoms with Crippen molar-refractivity contribution in [3.63, 3.8) is 0 Å². The molecule has 1 aromatic rings. The molecule has 1 rings (SSSR count). The smallest absolute Gasteiger partial charge is 0.324 e. The first-order valence-corrected chi connectivity index (χ1v) is 7.88. The highest BCUT2D eigenvalue weighted by atomic mass is 35.5. The minimum atomic E-state index is -4.70. The number of rotatable bonds is 6. The number of carbonyl (C=O) groups is 1. The minimum Gasteiger partial charge on any atom is -0.324 e. The Morgan fingerprint density at radius 3 is 2.50 bits per heavy atom. The van der Waals surface area contributed by atoms with Crippen molar-refractivity contribution in [2.24, 2.45) is 5.73 Å². The Balaban J connectivity index is 0.00000441. The molecule has 0 saturated carbocycles. The van der Waals surface area contributed by atoms with Crippen LogP contribution in [-0.4, -0.2) is 25.6 Å². The van der Waals surface area contributed by atoms with Crippen molar-refractivity contribution in [2.45, 2.75) is 42.9 Å². The molecular weight excluding hydrogens is 338 g/mol. The summed E-state index contributed by atoms with van der Waals surface area (Å²) in [6.45, 7) is 3.42. The second-order valence-corrected chi connectivity index (χ2v) is 6.87. The molecule has 126 valence electrons. The molecule has 0 radical (unpaired) electrons. The SMILES string of the molecule is CCCC(C)(N)C(=O)Nc1cccc(S(=O)(=O)C(F)F)c1.Cl. The zero-order chi connectivity index (χ0) is 16.3. The molecule has 0 aromatic heterocycles. The van der Waals surface area contributed by atoms with Crippen LogP contribution in [0, 0.1) is 0 Å². The van der Waals surface area contributed by atoms with E-state index in [4.69, 9.17) is 5.73 Å². The van der Waals surface area contributed by atoms with Crippen LogP contribution in [0.25, 0.3) is 0 Å². The molecule has 1 aromatic carbocycles. The van der Waals surface area contributed by atoms with Gasteiger partial charge >= 0.3 is 5.76 Å². The molecule has 0 aliphatic heterocycles. The number of benzene rings is 1. The van der Waals surface area contributed by atoms with Gasteiger partial charge in [-0.15, -0.1) is 12.4 Å². The van der Waals surface area contributed by atoms with Crippen molar-refractivity contribution in [3.05, 3.63) is 24.3 Å². The highest BCUT2D eigenvalue weighted by Gasteiger charge is 2.29. The van der Waals surface area contributed by atoms with Crippen molar-refractivity contribution in [2.75, 3.05) is 5.32 Å². The lowest BCUT2D eigenvalue weighted by molar-refractivity contribution is -0.120. The molecule has 0 spiro atoms. The standard InChI is InChI=1S/C13H18F2N2O3S.ClH/c1-3-7-13(2,16)11(18)17-9-5-4-6-10(8-9)21(19,20)12(14)15;/h4-6,8,12H,3,7,16H2,1-2H3,(H,17,18);1H. The second kappa shape index (κ2) is 7.85. The third-order valence-corrected chi connectivity index (χ3v) is 4.32. The zero-order valence-corrected chi connectivity index (χ0v) is 13.8. The van der Waals surface area contributed by atoms with Crippen LogP contribution in [-0.2, 0) is 14.6 Å². The van der Waals surface area contributed by atoms with E-state index in [9.17, 15) is 22.0 Å². The van der Waals surface area contributed by atoms with Gasteiger partial charge in [0, 0.05) is 5.69 Å². The molecule has 9 heteroatoms. The summed E-state index contributed by atoms with van der Waals surface area (Å²) in [5, 5.41) is 2.45. The summed E-state index contributed by atoms with van der Waals surface area (Å²) in [5.74, 6) is -4.01. The van der Waals surface area contributed by atoms with E-state index in [1.54, 1.807) is 6.92 Å². The number of hydrogen-bond acceptors (Lipinski definition) is 4. The maximum atomic E-state index is 12.5. The van der Waals surface area contributed by atoms with Crippen LogP contribution in [0.3, 0.4) is 0 Å². The van der Waals surface area contributed by atoms with E-state index < -0.39 is 31.9 Å². The lowest BCUT2D eigenvalue weighted by atomic mass is 9.96. The van der Waals surface area contributed by atoms with Crippen molar-refractivity contribution in [1.29, 1.82) is 0 Å². The summed E-state index contributed by atoms with van der Waals surface area (Å²) < 4.78 is 47.7. The third-order valence-electron chi connectivity index (χ3n) is 2.94. The fourth-order valence-corrected chi connectivity index (χ4v) is 2.53. The summed E-state index contributed by atoms with van der Waals surface area (Å²) in [7, 11) is -4.70. The summed E-state index contributed by atoms with van der Waals surface area (Å²) in [5.41, 5.74) is 4.83. The number of nitrogens with one attached hydrogen (secondary N) is 1. The monoisotopic (exact) mass is 356 g/mol. The van der Waals surface area contributed by atoms with Gasteiger partial charge in [-0.3, -0.25) is 4.79 Å². The first-order valence-electron chi connectivity index (χ1n) is 6.33. The Morgan fingerprint density at radius 1 is 1.41 bits per heavy atom. The third kappa shape index (κ3) is 4.89. The maximum absolute atomic E-state index is 12.5. The number of nitrogens with two attached hydrogens (primary N) is 1. The van der Waals surface area contributed by atoms with Gasteiger partial charge in [-0.05, 0) is 31.5 Å². The Bertz CT molecular complexity index is 621. The predicted octanol–water partition coefficient (Wildman–Crippen LogP) is 2.56. The Kier molecular flexibility index (Phi) is 7.40. The van der Waals surface area contributed by atoms with Crippen LogP contribution in [0.2, 0.25) is 0 Å². The van der Waals surface area contributed by atoms with Gasteiger partial charge in [-0.2, -0.15) is 8.78 Å². The van der Waals surface area contributed by atoms with Crippen LogP contribution < -0.4 is 11.1 Å². The molecule has 0 fully saturated rings. The summed E-state index contributed by atoms with van der Waals surface area (Å²) in [6.07, 6.45) is 1.13. The summed E-state index contributed by atoms with van der Waals surface area (Å²) in [4.78, 5) is 11.4. The highest BCUT2D eigenvalue weighted by molar-refractivity contribution is 7.91. The second-order valence-electron chi connectivity index (χ2n) is 4.96. The van der Waals surface area contributed by atoms with Crippen LogP contribution in [0.5, 0.6) is 0 Å². The average molecular weight is 357 g/mol. The van der Waals surface area contributed by atoms with Crippen LogP contribution in [0.1, 0.15) is 26.7 Å². The van der Waals surface area contributed by atoms with Gasteiger partial charge in [0.15, 0.2) is 0 Å². The number of alkyl halides is 2. The van der Waals surface area contributed by atoms with E-state index in [2.05, 4.69) is 5.32 Å². The largest absolute Gasteiger partial charge is 0.341 e. The molecule has 3 N–H and O–H groups in total. The number of amides is 1. The van der Waals surface area contributed by atoms with Crippen molar-refractivity contribution in [1.82, 2.24) is 0 Å². The van der Waals surface area contributed by atoms with Gasteiger partial charge in [0.2, 0.25) is 15.7 Å². The molecule has 5 nitrogen and oxygen atoms in total. The van der Waals surface area contributed by atoms with Gasteiger partial charge in [-0.25, -0.2) is 8.42 Å². The molecule has 0 bridgehead atoms. The van der Waals surface area contributed by atoms with E-state index in [1.807, 2.05) is 6.92 Å². The quantitative estimate of drug-likeness (QED) is 0.819.